The number of fused-ring (bicyclic) bond motifs is 1. The number of aryl methyl sites for hydroxylation is 1. The maximum absolute atomic E-state index is 15.0. The van der Waals surface area contributed by atoms with Gasteiger partial charge in [0.05, 0.1) is 51.2 Å². The molecule has 6 rings (SSSR count). The molecule has 5 heterocycles. The summed E-state index contributed by atoms with van der Waals surface area (Å²) in [6.07, 6.45) is 2.54. The van der Waals surface area contributed by atoms with Gasteiger partial charge in [-0.3, -0.25) is 9.78 Å². The normalized spacial score (nSPS) is 17.4. The number of rotatable bonds is 6. The van der Waals surface area contributed by atoms with Crippen LogP contribution < -0.4 is 10.6 Å². The van der Waals surface area contributed by atoms with Crippen molar-refractivity contribution in [1.82, 2.24) is 24.4 Å². The fraction of sp³-hybridized carbons (Fsp3) is 0.300. The van der Waals surface area contributed by atoms with E-state index in [1.54, 1.807) is 4.90 Å². The molecule has 1 atom stereocenters. The molecule has 0 N–H and O–H groups in total. The molecule has 4 aromatic rings. The monoisotopic (exact) mass is 656 g/mol. The first-order valence-electron chi connectivity index (χ1n) is 14.0. The number of carbonyl (C=O) groups is 1. The first-order chi connectivity index (χ1) is 21.4. The minimum absolute atomic E-state index is 0.0151. The number of ether oxygens (including phenoxy) is 1. The highest BCUT2D eigenvalue weighted by atomic mass is 35.5. The molecule has 234 valence electrons. The molecule has 15 heteroatoms. The molecule has 0 saturated carbocycles. The maximum atomic E-state index is 15.0. The minimum Gasteiger partial charge on any atom is -0.379 e. The van der Waals surface area contributed by atoms with E-state index in [9.17, 15) is 18.0 Å². The third-order valence-corrected chi connectivity index (χ3v) is 10.4. The molecule has 0 spiro atoms. The molecular weight excluding hydrogens is 630 g/mol. The van der Waals surface area contributed by atoms with Crippen molar-refractivity contribution in [3.8, 4) is 16.9 Å². The van der Waals surface area contributed by atoms with Crippen LogP contribution in [0.15, 0.2) is 58.9 Å². The van der Waals surface area contributed by atoms with E-state index in [1.807, 2.05) is 11.8 Å². The zero-order chi connectivity index (χ0) is 32.2. The molecule has 2 fully saturated rings. The Kier molecular flexibility index (Phi) is 7.91. The van der Waals surface area contributed by atoms with Crippen molar-refractivity contribution in [3.05, 3.63) is 82.0 Å². The van der Waals surface area contributed by atoms with E-state index < -0.39 is 38.0 Å². The maximum Gasteiger partial charge on any atom is 0.355 e. The van der Waals surface area contributed by atoms with E-state index in [-0.39, 0.29) is 75.6 Å². The zero-order valence-corrected chi connectivity index (χ0v) is 25.8. The number of halogens is 3. The van der Waals surface area contributed by atoms with Crippen LogP contribution in [0.2, 0.25) is 5.02 Å². The summed E-state index contributed by atoms with van der Waals surface area (Å²) in [6.45, 7) is 7.76. The minimum atomic E-state index is -4.01. The zero-order valence-electron chi connectivity index (χ0n) is 24.2. The molecule has 2 aliphatic heterocycles. The molecular formula is C30H27ClF2N6O5S. The summed E-state index contributed by atoms with van der Waals surface area (Å²) >= 11 is 6.64. The average Bonchev–Trinajstić information content (AvgIpc) is 2.96. The summed E-state index contributed by atoms with van der Waals surface area (Å²) in [5, 5.41) is -0.752. The molecule has 0 aliphatic carbocycles. The Morgan fingerprint density at radius 1 is 1.16 bits per heavy atom. The van der Waals surface area contributed by atoms with Gasteiger partial charge in [0, 0.05) is 31.9 Å². The Hall–Kier alpha value is -4.27. The molecule has 11 nitrogen and oxygen atoms in total. The summed E-state index contributed by atoms with van der Waals surface area (Å²) in [6, 6.07) is 5.65. The second-order valence-electron chi connectivity index (χ2n) is 10.8. The van der Waals surface area contributed by atoms with Crippen molar-refractivity contribution in [2.24, 2.45) is 0 Å². The number of hydrogen-bond donors (Lipinski definition) is 0. The topological polar surface area (TPSA) is 128 Å². The number of anilines is 1. The van der Waals surface area contributed by atoms with Crippen LogP contribution in [0.5, 0.6) is 0 Å². The predicted octanol–water partition coefficient (Wildman–Crippen LogP) is 3.48. The standard InChI is InChI=1S/C30H27ClF2N6O5S/c1-4-24(40)37-10-11-38(16(2)13-37)28-19-12-20(31)26(25-21(32)6-5-7-22(25)33)35-29(19)39(30(41)36-28)27-17(3)34-9-8-23(27)45(42,43)18-14-44-15-18/h4-9,12,16,18H,1,10-11,13-15H2,2-3H3/t16-/m0/s1. The van der Waals surface area contributed by atoms with Crippen LogP contribution in [0, 0.1) is 18.6 Å². The van der Waals surface area contributed by atoms with Crippen molar-refractivity contribution in [2.45, 2.75) is 30.0 Å². The molecule has 0 radical (unpaired) electrons. The fourth-order valence-corrected chi connectivity index (χ4v) is 7.55. The van der Waals surface area contributed by atoms with Crippen molar-refractivity contribution >= 4 is 44.2 Å². The largest absolute Gasteiger partial charge is 0.379 e. The first-order valence-corrected chi connectivity index (χ1v) is 15.9. The van der Waals surface area contributed by atoms with E-state index in [0.29, 0.717) is 13.1 Å². The second kappa shape index (κ2) is 11.6. The predicted molar refractivity (Wildman–Crippen MR) is 163 cm³/mol. The number of hydrogen-bond acceptors (Lipinski definition) is 9. The molecule has 0 bridgehead atoms. The van der Waals surface area contributed by atoms with Crippen molar-refractivity contribution in [1.29, 1.82) is 0 Å². The van der Waals surface area contributed by atoms with Gasteiger partial charge in [-0.05, 0) is 44.2 Å². The van der Waals surface area contributed by atoms with Gasteiger partial charge < -0.3 is 14.5 Å². The fourth-order valence-electron chi connectivity index (χ4n) is 5.64. The van der Waals surface area contributed by atoms with E-state index >= 15 is 8.78 Å². The van der Waals surface area contributed by atoms with Crippen molar-refractivity contribution in [3.63, 3.8) is 0 Å². The van der Waals surface area contributed by atoms with Gasteiger partial charge in [-0.25, -0.2) is 31.5 Å². The van der Waals surface area contributed by atoms with Gasteiger partial charge in [0.15, 0.2) is 15.5 Å². The molecule has 1 amide bonds. The Morgan fingerprint density at radius 2 is 1.87 bits per heavy atom. The number of pyridine rings is 2. The summed E-state index contributed by atoms with van der Waals surface area (Å²) in [5.74, 6) is -1.95. The molecule has 2 saturated heterocycles. The van der Waals surface area contributed by atoms with Gasteiger partial charge in [-0.15, -0.1) is 0 Å². The van der Waals surface area contributed by atoms with Gasteiger partial charge in [0.25, 0.3) is 0 Å². The lowest BCUT2D eigenvalue weighted by Crippen LogP contribution is -2.54. The summed E-state index contributed by atoms with van der Waals surface area (Å²) in [4.78, 5) is 42.7. The van der Waals surface area contributed by atoms with E-state index in [1.165, 1.54) is 37.4 Å². The van der Waals surface area contributed by atoms with Crippen molar-refractivity contribution in [2.75, 3.05) is 37.7 Å². The van der Waals surface area contributed by atoms with Crippen LogP contribution >= 0.6 is 11.6 Å². The summed E-state index contributed by atoms with van der Waals surface area (Å²) in [7, 11) is -4.01. The van der Waals surface area contributed by atoms with Crippen LogP contribution in [0.4, 0.5) is 14.6 Å². The highest BCUT2D eigenvalue weighted by molar-refractivity contribution is 7.92. The van der Waals surface area contributed by atoms with E-state index in [4.69, 9.17) is 16.3 Å². The Bertz CT molecular complexity index is 2030. The third-order valence-electron chi connectivity index (χ3n) is 8.03. The van der Waals surface area contributed by atoms with Gasteiger partial charge in [-0.1, -0.05) is 24.2 Å². The average molecular weight is 657 g/mol. The van der Waals surface area contributed by atoms with Gasteiger partial charge in [0.1, 0.15) is 22.7 Å². The highest BCUT2D eigenvalue weighted by Crippen LogP contribution is 2.37. The lowest BCUT2D eigenvalue weighted by atomic mass is 10.1. The van der Waals surface area contributed by atoms with Crippen LogP contribution in [0.3, 0.4) is 0 Å². The summed E-state index contributed by atoms with van der Waals surface area (Å²) in [5.41, 5.74) is -1.77. The number of aromatic nitrogens is 4. The van der Waals surface area contributed by atoms with Crippen molar-refractivity contribution < 1.29 is 26.7 Å². The quantitative estimate of drug-likeness (QED) is 0.287. The number of amides is 1. The van der Waals surface area contributed by atoms with Gasteiger partial charge in [0.2, 0.25) is 5.91 Å². The number of sulfone groups is 1. The van der Waals surface area contributed by atoms with E-state index in [2.05, 4.69) is 21.5 Å². The van der Waals surface area contributed by atoms with Crippen LogP contribution in [-0.2, 0) is 19.4 Å². The SMILES string of the molecule is C=CC(=O)N1CCN(c2nc(=O)n(-c3c(S(=O)(=O)C4COC4)ccnc3C)c3nc(-c4c(F)cccc4F)c(Cl)cc23)[C@@H](C)C1. The first kappa shape index (κ1) is 30.7. The smallest absolute Gasteiger partial charge is 0.355 e. The van der Waals surface area contributed by atoms with Gasteiger partial charge in [-0.2, -0.15) is 4.98 Å². The number of nitrogens with zero attached hydrogens (tertiary/aromatic N) is 6. The lowest BCUT2D eigenvalue weighted by molar-refractivity contribution is -0.126. The molecule has 0 unspecified atom stereocenters. The molecule has 45 heavy (non-hydrogen) atoms. The molecule has 3 aromatic heterocycles. The molecule has 1 aromatic carbocycles. The Morgan fingerprint density at radius 3 is 2.49 bits per heavy atom. The highest BCUT2D eigenvalue weighted by Gasteiger charge is 2.37. The summed E-state index contributed by atoms with van der Waals surface area (Å²) < 4.78 is 63.5. The van der Waals surface area contributed by atoms with Crippen LogP contribution in [-0.4, -0.2) is 82.9 Å². The van der Waals surface area contributed by atoms with Crippen LogP contribution in [0.1, 0.15) is 12.6 Å². The van der Waals surface area contributed by atoms with Gasteiger partial charge >= 0.3 is 5.69 Å². The number of piperazine rings is 1. The van der Waals surface area contributed by atoms with E-state index in [0.717, 1.165) is 16.7 Å². The molecule has 2 aliphatic rings. The Balaban J connectivity index is 1.66. The third kappa shape index (κ3) is 5.16. The lowest BCUT2D eigenvalue weighted by Gasteiger charge is -2.40. The number of carbonyl (C=O) groups excluding carboxylic acids is 1. The Labute approximate surface area is 261 Å². The second-order valence-corrected chi connectivity index (χ2v) is 13.4. The van der Waals surface area contributed by atoms with Crippen LogP contribution in [0.25, 0.3) is 28.0 Å². The number of benzene rings is 1.